The lowest BCUT2D eigenvalue weighted by Crippen LogP contribution is -2.00. The van der Waals surface area contributed by atoms with Crippen molar-refractivity contribution in [2.75, 3.05) is 0 Å². The van der Waals surface area contributed by atoms with Crippen LogP contribution < -0.4 is 0 Å². The first-order valence-electron chi connectivity index (χ1n) is 6.78. The first-order chi connectivity index (χ1) is 9.69. The molecule has 2 nitrogen and oxygen atoms in total. The summed E-state index contributed by atoms with van der Waals surface area (Å²) in [5.41, 5.74) is 5.75. The lowest BCUT2D eigenvalue weighted by Gasteiger charge is -2.10. The summed E-state index contributed by atoms with van der Waals surface area (Å²) >= 11 is 0. The molecule has 3 rings (SSSR count). The van der Waals surface area contributed by atoms with Crippen LogP contribution in [0.3, 0.4) is 0 Å². The van der Waals surface area contributed by atoms with Gasteiger partial charge in [0.15, 0.2) is 6.29 Å². The Morgan fingerprint density at radius 1 is 1.10 bits per heavy atom. The minimum Gasteiger partial charge on any atom is -0.343 e. The van der Waals surface area contributed by atoms with Gasteiger partial charge in [-0.15, -0.1) is 0 Å². The second kappa shape index (κ2) is 4.97. The van der Waals surface area contributed by atoms with Crippen molar-refractivity contribution < 1.29 is 4.79 Å². The van der Waals surface area contributed by atoms with Crippen LogP contribution in [0.25, 0.3) is 10.9 Å². The molecular weight excluding hydrogens is 246 g/mol. The van der Waals surface area contributed by atoms with Crippen molar-refractivity contribution in [3.05, 3.63) is 70.9 Å². The fourth-order valence-corrected chi connectivity index (χ4v) is 2.64. The number of benzene rings is 2. The first-order valence-corrected chi connectivity index (χ1v) is 6.78. The Morgan fingerprint density at radius 3 is 2.75 bits per heavy atom. The van der Waals surface area contributed by atoms with E-state index in [0.29, 0.717) is 0 Å². The Morgan fingerprint density at radius 2 is 1.95 bits per heavy atom. The number of aryl methyl sites for hydroxylation is 2. The number of carbonyl (C=O) groups is 1. The van der Waals surface area contributed by atoms with Crippen LogP contribution in [0.2, 0.25) is 0 Å². The van der Waals surface area contributed by atoms with E-state index >= 15 is 0 Å². The molecule has 0 saturated carbocycles. The van der Waals surface area contributed by atoms with Gasteiger partial charge in [0.1, 0.15) is 0 Å². The number of aldehydes is 1. The van der Waals surface area contributed by atoms with Crippen molar-refractivity contribution in [1.82, 2.24) is 4.57 Å². The molecule has 2 heteroatoms. The van der Waals surface area contributed by atoms with Crippen molar-refractivity contribution >= 4 is 17.2 Å². The van der Waals surface area contributed by atoms with Gasteiger partial charge in [-0.25, -0.2) is 0 Å². The lowest BCUT2D eigenvalue weighted by atomic mass is 10.1. The van der Waals surface area contributed by atoms with E-state index in [2.05, 4.69) is 48.9 Å². The number of nitrogens with zero attached hydrogens (tertiary/aromatic N) is 1. The highest BCUT2D eigenvalue weighted by Crippen LogP contribution is 2.21. The predicted molar refractivity (Wildman–Crippen MR) is 82.3 cm³/mol. The number of rotatable bonds is 3. The van der Waals surface area contributed by atoms with E-state index in [-0.39, 0.29) is 0 Å². The molecule has 1 heterocycles. The van der Waals surface area contributed by atoms with Gasteiger partial charge in [0.2, 0.25) is 0 Å². The molecule has 0 aliphatic rings. The lowest BCUT2D eigenvalue weighted by molar-refractivity contribution is 0.112. The summed E-state index contributed by atoms with van der Waals surface area (Å²) in [6.07, 6.45) is 2.98. The summed E-state index contributed by atoms with van der Waals surface area (Å²) in [6.45, 7) is 5.08. The molecule has 0 unspecified atom stereocenters. The maximum absolute atomic E-state index is 11.1. The number of hydrogen-bond donors (Lipinski definition) is 0. The third-order valence-electron chi connectivity index (χ3n) is 3.82. The molecule has 0 radical (unpaired) electrons. The molecule has 0 atom stereocenters. The molecule has 1 aromatic heterocycles. The smallest absolute Gasteiger partial charge is 0.150 e. The Kier molecular flexibility index (Phi) is 3.15. The fraction of sp³-hybridized carbons (Fsp3) is 0.167. The number of hydrogen-bond acceptors (Lipinski definition) is 1. The third kappa shape index (κ3) is 2.14. The Labute approximate surface area is 118 Å². The Bertz CT molecular complexity index is 783. The van der Waals surface area contributed by atoms with Crippen molar-refractivity contribution in [3.8, 4) is 0 Å². The summed E-state index contributed by atoms with van der Waals surface area (Å²) in [5.74, 6) is 0. The highest BCUT2D eigenvalue weighted by Gasteiger charge is 2.06. The van der Waals surface area contributed by atoms with Gasteiger partial charge >= 0.3 is 0 Å². The molecule has 20 heavy (non-hydrogen) atoms. The summed E-state index contributed by atoms with van der Waals surface area (Å²) in [4.78, 5) is 11.1. The van der Waals surface area contributed by atoms with Gasteiger partial charge in [-0.2, -0.15) is 0 Å². The minimum atomic E-state index is 0.752. The normalized spacial score (nSPS) is 10.9. The molecule has 0 fully saturated rings. The monoisotopic (exact) mass is 263 g/mol. The van der Waals surface area contributed by atoms with Crippen LogP contribution in [-0.2, 0) is 6.54 Å². The zero-order valence-electron chi connectivity index (χ0n) is 11.8. The van der Waals surface area contributed by atoms with Crippen molar-refractivity contribution in [1.29, 1.82) is 0 Å². The molecule has 3 aromatic rings. The zero-order chi connectivity index (χ0) is 14.1. The van der Waals surface area contributed by atoms with Gasteiger partial charge < -0.3 is 4.57 Å². The standard InChI is InChI=1S/C18H17NO/c1-13-6-7-14(2)16(10-13)11-19-9-8-17-15(12-20)4-3-5-18(17)19/h3-10,12H,11H2,1-2H3. The summed E-state index contributed by atoms with van der Waals surface area (Å²) in [5, 5.41) is 1.02. The van der Waals surface area contributed by atoms with E-state index in [1.54, 1.807) is 0 Å². The maximum atomic E-state index is 11.1. The van der Waals surface area contributed by atoms with E-state index in [9.17, 15) is 4.79 Å². The Hall–Kier alpha value is -2.35. The number of aromatic nitrogens is 1. The van der Waals surface area contributed by atoms with Gasteiger partial charge in [0.25, 0.3) is 0 Å². The van der Waals surface area contributed by atoms with E-state index < -0.39 is 0 Å². The van der Waals surface area contributed by atoms with Gasteiger partial charge in [0.05, 0.1) is 0 Å². The molecule has 0 spiro atoms. The molecule has 0 aliphatic heterocycles. The molecule has 2 aromatic carbocycles. The highest BCUT2D eigenvalue weighted by molar-refractivity contribution is 5.97. The van der Waals surface area contributed by atoms with Crippen LogP contribution in [0.5, 0.6) is 0 Å². The second-order valence-electron chi connectivity index (χ2n) is 5.27. The SMILES string of the molecule is Cc1ccc(C)c(Cn2ccc3c(C=O)cccc32)c1. The van der Waals surface area contributed by atoms with Crippen molar-refractivity contribution in [2.24, 2.45) is 0 Å². The van der Waals surface area contributed by atoms with Gasteiger partial charge in [-0.3, -0.25) is 4.79 Å². The number of fused-ring (bicyclic) bond motifs is 1. The predicted octanol–water partition coefficient (Wildman–Crippen LogP) is 4.12. The van der Waals surface area contributed by atoms with E-state index in [1.807, 2.05) is 18.2 Å². The summed E-state index contributed by atoms with van der Waals surface area (Å²) in [7, 11) is 0. The van der Waals surface area contributed by atoms with Gasteiger partial charge in [-0.1, -0.05) is 35.9 Å². The molecule has 100 valence electrons. The molecule has 0 saturated heterocycles. The van der Waals surface area contributed by atoms with Crippen LogP contribution in [0.4, 0.5) is 0 Å². The topological polar surface area (TPSA) is 22.0 Å². The van der Waals surface area contributed by atoms with E-state index in [1.165, 1.54) is 16.7 Å². The molecule has 0 aliphatic carbocycles. The van der Waals surface area contributed by atoms with Crippen LogP contribution in [0, 0.1) is 13.8 Å². The summed E-state index contributed by atoms with van der Waals surface area (Å²) < 4.78 is 2.20. The van der Waals surface area contributed by atoms with Crippen molar-refractivity contribution in [2.45, 2.75) is 20.4 Å². The van der Waals surface area contributed by atoms with Gasteiger partial charge in [-0.05, 0) is 37.1 Å². The average molecular weight is 263 g/mol. The quantitative estimate of drug-likeness (QED) is 0.651. The molecular formula is C18H17NO. The average Bonchev–Trinajstić information content (AvgIpc) is 2.86. The third-order valence-corrected chi connectivity index (χ3v) is 3.82. The molecule has 0 amide bonds. The first kappa shape index (κ1) is 12.7. The van der Waals surface area contributed by atoms with Crippen LogP contribution >= 0.6 is 0 Å². The van der Waals surface area contributed by atoms with Crippen molar-refractivity contribution in [3.63, 3.8) is 0 Å². The zero-order valence-corrected chi connectivity index (χ0v) is 11.8. The molecule has 0 N–H and O–H groups in total. The summed E-state index contributed by atoms with van der Waals surface area (Å²) in [6, 6.07) is 14.4. The Balaban J connectivity index is 2.07. The van der Waals surface area contributed by atoms with Crippen LogP contribution in [0.15, 0.2) is 48.7 Å². The fourth-order valence-electron chi connectivity index (χ4n) is 2.64. The van der Waals surface area contributed by atoms with E-state index in [4.69, 9.17) is 0 Å². The molecule has 0 bridgehead atoms. The maximum Gasteiger partial charge on any atom is 0.150 e. The number of carbonyl (C=O) groups excluding carboxylic acids is 1. The second-order valence-corrected chi connectivity index (χ2v) is 5.27. The van der Waals surface area contributed by atoms with Crippen LogP contribution in [-0.4, -0.2) is 10.9 Å². The van der Waals surface area contributed by atoms with Gasteiger partial charge in [0, 0.05) is 29.2 Å². The largest absolute Gasteiger partial charge is 0.343 e. The van der Waals surface area contributed by atoms with Crippen LogP contribution in [0.1, 0.15) is 27.0 Å². The highest BCUT2D eigenvalue weighted by atomic mass is 16.1. The minimum absolute atomic E-state index is 0.752. The van der Waals surface area contributed by atoms with E-state index in [0.717, 1.165) is 29.3 Å².